The largest absolute Gasteiger partial charge is 0.439 e. The first-order chi connectivity index (χ1) is 6.27. The number of amides is 1. The molecule has 1 fully saturated rings. The number of nitrogens with zero attached hydrogens (tertiary/aromatic N) is 1. The monoisotopic (exact) mass is 178 g/mol. The fourth-order valence-corrected chi connectivity index (χ4v) is 1.38. The summed E-state index contributed by atoms with van der Waals surface area (Å²) in [7, 11) is 0. The van der Waals surface area contributed by atoms with E-state index in [1.54, 1.807) is 12.4 Å². The third-order valence-corrected chi connectivity index (χ3v) is 2.11. The normalized spacial score (nSPS) is 21.0. The molecule has 68 valence electrons. The number of hydrogen-bond donors (Lipinski definition) is 1. The Hall–Kier alpha value is -1.58. The molecule has 1 aromatic heterocycles. The number of cyclic esters (lactones) is 1. The maximum Gasteiger partial charge on any atom is 0.407 e. The van der Waals surface area contributed by atoms with Crippen molar-refractivity contribution in [2.45, 2.75) is 13.0 Å². The third-order valence-electron chi connectivity index (χ3n) is 2.11. The van der Waals surface area contributed by atoms with Gasteiger partial charge in [0.25, 0.3) is 0 Å². The van der Waals surface area contributed by atoms with Crippen LogP contribution < -0.4 is 5.32 Å². The highest BCUT2D eigenvalue weighted by Gasteiger charge is 2.25. The molecule has 1 aliphatic heterocycles. The van der Waals surface area contributed by atoms with Crippen LogP contribution >= 0.6 is 0 Å². The van der Waals surface area contributed by atoms with Crippen molar-refractivity contribution in [3.63, 3.8) is 0 Å². The van der Waals surface area contributed by atoms with Crippen LogP contribution in [0, 0.1) is 6.92 Å². The smallest absolute Gasteiger partial charge is 0.407 e. The third kappa shape index (κ3) is 1.47. The Balaban J connectivity index is 2.26. The van der Waals surface area contributed by atoms with Crippen molar-refractivity contribution in [3.8, 4) is 0 Å². The van der Waals surface area contributed by atoms with Crippen molar-refractivity contribution in [1.82, 2.24) is 10.3 Å². The summed E-state index contributed by atoms with van der Waals surface area (Å²) in [6.45, 7) is 2.51. The molecule has 0 bridgehead atoms. The fraction of sp³-hybridized carbons (Fsp3) is 0.333. The average Bonchev–Trinajstić information content (AvgIpc) is 2.53. The van der Waals surface area contributed by atoms with E-state index in [9.17, 15) is 4.79 Å². The molecule has 1 saturated heterocycles. The first-order valence-electron chi connectivity index (χ1n) is 4.12. The summed E-state index contributed by atoms with van der Waals surface area (Å²) in [5.74, 6) is 0. The number of nitrogens with one attached hydrogen (secondary N) is 1. The van der Waals surface area contributed by atoms with Crippen molar-refractivity contribution in [1.29, 1.82) is 0 Å². The summed E-state index contributed by atoms with van der Waals surface area (Å²) in [5.41, 5.74) is 2.07. The van der Waals surface area contributed by atoms with Crippen molar-refractivity contribution in [2.75, 3.05) is 6.54 Å². The fourth-order valence-electron chi connectivity index (χ4n) is 1.38. The van der Waals surface area contributed by atoms with E-state index in [2.05, 4.69) is 10.3 Å². The number of ether oxygens (including phenoxy) is 1. The zero-order valence-electron chi connectivity index (χ0n) is 7.28. The van der Waals surface area contributed by atoms with Gasteiger partial charge in [0.05, 0.1) is 6.54 Å². The lowest BCUT2D eigenvalue weighted by Gasteiger charge is -2.09. The van der Waals surface area contributed by atoms with Crippen LogP contribution in [-0.4, -0.2) is 17.6 Å². The van der Waals surface area contributed by atoms with E-state index >= 15 is 0 Å². The maximum atomic E-state index is 10.8. The molecule has 0 spiro atoms. The van der Waals surface area contributed by atoms with E-state index in [-0.39, 0.29) is 12.2 Å². The lowest BCUT2D eigenvalue weighted by molar-refractivity contribution is 0.140. The van der Waals surface area contributed by atoms with E-state index in [1.165, 1.54) is 0 Å². The van der Waals surface area contributed by atoms with Gasteiger partial charge in [0.15, 0.2) is 0 Å². The second kappa shape index (κ2) is 3.05. The van der Waals surface area contributed by atoms with Crippen LogP contribution in [0.1, 0.15) is 17.2 Å². The van der Waals surface area contributed by atoms with Crippen molar-refractivity contribution < 1.29 is 9.53 Å². The minimum absolute atomic E-state index is 0.179. The number of rotatable bonds is 1. The van der Waals surface area contributed by atoms with Crippen LogP contribution in [0.5, 0.6) is 0 Å². The molecule has 0 radical (unpaired) electrons. The SMILES string of the molecule is Cc1ccncc1C1CNC(=O)O1. The van der Waals surface area contributed by atoms with E-state index in [0.717, 1.165) is 11.1 Å². The molecule has 1 N–H and O–H groups in total. The second-order valence-corrected chi connectivity index (χ2v) is 3.01. The Labute approximate surface area is 75.9 Å². The Morgan fingerprint density at radius 2 is 2.54 bits per heavy atom. The molecule has 1 unspecified atom stereocenters. The number of aromatic nitrogens is 1. The number of carbonyl (C=O) groups excluding carboxylic acids is 1. The van der Waals surface area contributed by atoms with E-state index in [1.807, 2.05) is 13.0 Å². The highest BCUT2D eigenvalue weighted by Crippen LogP contribution is 2.22. The Morgan fingerprint density at radius 3 is 3.15 bits per heavy atom. The molecule has 0 aliphatic carbocycles. The van der Waals surface area contributed by atoms with Gasteiger partial charge in [-0.25, -0.2) is 4.79 Å². The highest BCUT2D eigenvalue weighted by atomic mass is 16.6. The van der Waals surface area contributed by atoms with E-state index in [0.29, 0.717) is 6.54 Å². The number of hydrogen-bond acceptors (Lipinski definition) is 3. The number of aryl methyl sites for hydroxylation is 1. The van der Waals surface area contributed by atoms with Crippen LogP contribution in [0.2, 0.25) is 0 Å². The Kier molecular flexibility index (Phi) is 1.88. The second-order valence-electron chi connectivity index (χ2n) is 3.01. The minimum Gasteiger partial charge on any atom is -0.439 e. The Bertz CT molecular complexity index is 338. The highest BCUT2D eigenvalue weighted by molar-refractivity contribution is 5.69. The van der Waals surface area contributed by atoms with Crippen molar-refractivity contribution in [3.05, 3.63) is 29.6 Å². The number of carbonyl (C=O) groups is 1. The first kappa shape index (κ1) is 8.04. The quantitative estimate of drug-likeness (QED) is 0.702. The lowest BCUT2D eigenvalue weighted by Crippen LogP contribution is -2.12. The molecular weight excluding hydrogens is 168 g/mol. The zero-order chi connectivity index (χ0) is 9.26. The van der Waals surface area contributed by atoms with Gasteiger partial charge in [-0.15, -0.1) is 0 Å². The van der Waals surface area contributed by atoms with Crippen molar-refractivity contribution in [2.24, 2.45) is 0 Å². The molecule has 13 heavy (non-hydrogen) atoms. The molecular formula is C9H10N2O2. The van der Waals surface area contributed by atoms with Crippen LogP contribution in [0.15, 0.2) is 18.5 Å². The van der Waals surface area contributed by atoms with Gasteiger partial charge in [-0.2, -0.15) is 0 Å². The average molecular weight is 178 g/mol. The molecule has 1 aromatic rings. The van der Waals surface area contributed by atoms with Crippen LogP contribution in [0.4, 0.5) is 4.79 Å². The predicted octanol–water partition coefficient (Wildman–Crippen LogP) is 1.17. The molecule has 4 nitrogen and oxygen atoms in total. The van der Waals surface area contributed by atoms with Gasteiger partial charge in [0.1, 0.15) is 6.10 Å². The first-order valence-corrected chi connectivity index (χ1v) is 4.12. The number of pyridine rings is 1. The standard InChI is InChI=1S/C9H10N2O2/c1-6-2-3-10-4-7(6)8-5-11-9(12)13-8/h2-4,8H,5H2,1H3,(H,11,12). The summed E-state index contributed by atoms with van der Waals surface area (Å²) >= 11 is 0. The molecule has 1 atom stereocenters. The van der Waals surface area contributed by atoms with Gasteiger partial charge in [-0.1, -0.05) is 0 Å². The van der Waals surface area contributed by atoms with Crippen LogP contribution in [0.25, 0.3) is 0 Å². The molecule has 1 amide bonds. The lowest BCUT2D eigenvalue weighted by atomic mass is 10.1. The summed E-state index contributed by atoms with van der Waals surface area (Å²) in [6, 6.07) is 1.90. The summed E-state index contributed by atoms with van der Waals surface area (Å²) in [4.78, 5) is 14.8. The van der Waals surface area contributed by atoms with Crippen molar-refractivity contribution >= 4 is 6.09 Å². The zero-order valence-corrected chi connectivity index (χ0v) is 7.28. The van der Waals surface area contributed by atoms with Gasteiger partial charge in [0.2, 0.25) is 0 Å². The minimum atomic E-state index is -0.353. The van der Waals surface area contributed by atoms with Crippen LogP contribution in [0.3, 0.4) is 0 Å². The molecule has 2 rings (SSSR count). The maximum absolute atomic E-state index is 10.8. The molecule has 2 heterocycles. The van der Waals surface area contributed by atoms with Gasteiger partial charge >= 0.3 is 6.09 Å². The van der Waals surface area contributed by atoms with Gasteiger partial charge in [-0.05, 0) is 18.6 Å². The summed E-state index contributed by atoms with van der Waals surface area (Å²) < 4.78 is 5.04. The summed E-state index contributed by atoms with van der Waals surface area (Å²) in [5, 5.41) is 2.61. The van der Waals surface area contributed by atoms with Gasteiger partial charge in [-0.3, -0.25) is 4.98 Å². The topological polar surface area (TPSA) is 51.2 Å². The van der Waals surface area contributed by atoms with Crippen LogP contribution in [-0.2, 0) is 4.74 Å². The number of alkyl carbamates (subject to hydrolysis) is 1. The van der Waals surface area contributed by atoms with Gasteiger partial charge in [0, 0.05) is 18.0 Å². The molecule has 4 heteroatoms. The Morgan fingerprint density at radius 1 is 1.69 bits per heavy atom. The molecule has 0 saturated carbocycles. The predicted molar refractivity (Wildman–Crippen MR) is 46.2 cm³/mol. The van der Waals surface area contributed by atoms with Gasteiger partial charge < -0.3 is 10.1 Å². The van der Waals surface area contributed by atoms with E-state index in [4.69, 9.17) is 4.74 Å². The van der Waals surface area contributed by atoms with E-state index < -0.39 is 0 Å². The molecule has 0 aromatic carbocycles. The summed E-state index contributed by atoms with van der Waals surface area (Å²) in [6.07, 6.45) is 2.93. The molecule has 1 aliphatic rings.